The molecule has 0 N–H and O–H groups in total. The highest BCUT2D eigenvalue weighted by Gasteiger charge is 2.30. The molecular weight excluding hydrogens is 198 g/mol. The second-order valence-electron chi connectivity index (χ2n) is 4.38. The number of esters is 2. The standard InChI is InChI=1S/C10H15NO4/c1-6-11-7(9(13)14-6)5-8(12)15-10(2,3)4/h7H,5H2,1-4H3. The first-order valence-corrected chi connectivity index (χ1v) is 4.76. The SMILES string of the molecule is CC1=NC(CC(=O)OC(C)(C)C)C(=O)O1. The average molecular weight is 213 g/mol. The summed E-state index contributed by atoms with van der Waals surface area (Å²) in [6.07, 6.45) is -0.0621. The van der Waals surface area contributed by atoms with E-state index in [1.807, 2.05) is 0 Å². The number of rotatable bonds is 2. The van der Waals surface area contributed by atoms with Gasteiger partial charge in [0.15, 0.2) is 11.9 Å². The first-order chi connectivity index (χ1) is 6.78. The first-order valence-electron chi connectivity index (χ1n) is 4.76. The molecule has 1 aliphatic heterocycles. The van der Waals surface area contributed by atoms with Crippen LogP contribution in [-0.4, -0.2) is 29.5 Å². The maximum absolute atomic E-state index is 11.4. The minimum absolute atomic E-state index is 0.0621. The van der Waals surface area contributed by atoms with Crippen LogP contribution in [0.3, 0.4) is 0 Å². The van der Waals surface area contributed by atoms with Crippen LogP contribution in [0.2, 0.25) is 0 Å². The summed E-state index contributed by atoms with van der Waals surface area (Å²) >= 11 is 0. The fraction of sp³-hybridized carbons (Fsp3) is 0.700. The molecule has 1 unspecified atom stereocenters. The Morgan fingerprint density at radius 3 is 2.53 bits per heavy atom. The van der Waals surface area contributed by atoms with Gasteiger partial charge in [-0.05, 0) is 20.8 Å². The Labute approximate surface area is 88.5 Å². The fourth-order valence-electron chi connectivity index (χ4n) is 1.18. The summed E-state index contributed by atoms with van der Waals surface area (Å²) in [5.74, 6) is -0.630. The van der Waals surface area contributed by atoms with E-state index in [4.69, 9.17) is 9.47 Å². The summed E-state index contributed by atoms with van der Waals surface area (Å²) in [6.45, 7) is 6.89. The molecule has 0 saturated heterocycles. The Morgan fingerprint density at radius 1 is 1.53 bits per heavy atom. The Bertz CT molecular complexity index is 314. The first kappa shape index (κ1) is 11.7. The monoisotopic (exact) mass is 213 g/mol. The van der Waals surface area contributed by atoms with Crippen molar-refractivity contribution in [2.24, 2.45) is 4.99 Å². The molecule has 5 nitrogen and oxygen atoms in total. The fourth-order valence-corrected chi connectivity index (χ4v) is 1.18. The lowest BCUT2D eigenvalue weighted by Gasteiger charge is -2.19. The lowest BCUT2D eigenvalue weighted by atomic mass is 10.2. The molecule has 0 aromatic rings. The van der Waals surface area contributed by atoms with Crippen LogP contribution >= 0.6 is 0 Å². The summed E-state index contributed by atoms with van der Waals surface area (Å²) in [5, 5.41) is 0. The highest BCUT2D eigenvalue weighted by atomic mass is 16.6. The molecule has 0 saturated carbocycles. The van der Waals surface area contributed by atoms with Gasteiger partial charge in [-0.15, -0.1) is 0 Å². The van der Waals surface area contributed by atoms with Crippen LogP contribution in [0.15, 0.2) is 4.99 Å². The van der Waals surface area contributed by atoms with Gasteiger partial charge in [-0.3, -0.25) is 4.79 Å². The molecule has 0 bridgehead atoms. The third kappa shape index (κ3) is 3.69. The molecule has 1 aliphatic rings. The van der Waals surface area contributed by atoms with Gasteiger partial charge in [0.1, 0.15) is 5.60 Å². The zero-order chi connectivity index (χ0) is 11.6. The van der Waals surface area contributed by atoms with Crippen molar-refractivity contribution in [3.05, 3.63) is 0 Å². The van der Waals surface area contributed by atoms with Crippen LogP contribution in [0.5, 0.6) is 0 Å². The minimum Gasteiger partial charge on any atom is -0.460 e. The van der Waals surface area contributed by atoms with Crippen LogP contribution < -0.4 is 0 Å². The van der Waals surface area contributed by atoms with Crippen molar-refractivity contribution in [3.63, 3.8) is 0 Å². The van der Waals surface area contributed by atoms with E-state index in [1.165, 1.54) is 0 Å². The summed E-state index contributed by atoms with van der Waals surface area (Å²) in [6, 6.07) is -0.736. The lowest BCUT2D eigenvalue weighted by Crippen LogP contribution is -2.27. The van der Waals surface area contributed by atoms with Gasteiger partial charge in [0, 0.05) is 6.92 Å². The van der Waals surface area contributed by atoms with E-state index in [0.717, 1.165) is 0 Å². The van der Waals surface area contributed by atoms with Crippen molar-refractivity contribution >= 4 is 17.8 Å². The van der Waals surface area contributed by atoms with Gasteiger partial charge in [-0.25, -0.2) is 9.79 Å². The number of aliphatic imine (C=N–C) groups is 1. The van der Waals surface area contributed by atoms with E-state index < -0.39 is 23.6 Å². The molecule has 5 heteroatoms. The molecule has 84 valence electrons. The topological polar surface area (TPSA) is 65.0 Å². The largest absolute Gasteiger partial charge is 0.460 e. The number of hydrogen-bond donors (Lipinski definition) is 0. The number of hydrogen-bond acceptors (Lipinski definition) is 5. The summed E-state index contributed by atoms with van der Waals surface area (Å²) in [5.41, 5.74) is -0.543. The molecule has 15 heavy (non-hydrogen) atoms. The Balaban J connectivity index is 2.49. The van der Waals surface area contributed by atoms with Gasteiger partial charge in [0.25, 0.3) is 0 Å². The normalized spacial score (nSPS) is 20.9. The Kier molecular flexibility index (Phi) is 3.12. The van der Waals surface area contributed by atoms with Crippen molar-refractivity contribution in [1.82, 2.24) is 0 Å². The Morgan fingerprint density at radius 2 is 2.13 bits per heavy atom. The second kappa shape index (κ2) is 4.00. The molecule has 1 rings (SSSR count). The number of carbonyl (C=O) groups excluding carboxylic acids is 2. The summed E-state index contributed by atoms with van der Waals surface area (Å²) < 4.78 is 9.78. The van der Waals surface area contributed by atoms with Crippen LogP contribution in [0.25, 0.3) is 0 Å². The zero-order valence-electron chi connectivity index (χ0n) is 9.36. The Hall–Kier alpha value is -1.39. The van der Waals surface area contributed by atoms with Crippen LogP contribution in [-0.2, 0) is 19.1 Å². The summed E-state index contributed by atoms with van der Waals surface area (Å²) in [7, 11) is 0. The van der Waals surface area contributed by atoms with E-state index >= 15 is 0 Å². The van der Waals surface area contributed by atoms with Crippen LogP contribution in [0.1, 0.15) is 34.1 Å². The number of cyclic esters (lactones) is 1. The van der Waals surface area contributed by atoms with Gasteiger partial charge in [0.2, 0.25) is 0 Å². The molecule has 1 atom stereocenters. The van der Waals surface area contributed by atoms with E-state index in [9.17, 15) is 9.59 Å². The molecule has 1 heterocycles. The van der Waals surface area contributed by atoms with Crippen LogP contribution in [0, 0.1) is 0 Å². The predicted octanol–water partition coefficient (Wildman–Crippen LogP) is 1.06. The van der Waals surface area contributed by atoms with Gasteiger partial charge < -0.3 is 9.47 Å². The molecular formula is C10H15NO4. The van der Waals surface area contributed by atoms with Gasteiger partial charge >= 0.3 is 11.9 Å². The maximum atomic E-state index is 11.4. The lowest BCUT2D eigenvalue weighted by molar-refractivity contribution is -0.157. The molecule has 0 aromatic heterocycles. The predicted molar refractivity (Wildman–Crippen MR) is 53.5 cm³/mol. The van der Waals surface area contributed by atoms with Crippen LogP contribution in [0.4, 0.5) is 0 Å². The van der Waals surface area contributed by atoms with Crippen molar-refractivity contribution in [2.75, 3.05) is 0 Å². The second-order valence-corrected chi connectivity index (χ2v) is 4.38. The average Bonchev–Trinajstić information content (AvgIpc) is 2.25. The van der Waals surface area contributed by atoms with Gasteiger partial charge in [-0.1, -0.05) is 0 Å². The molecule has 0 aliphatic carbocycles. The highest BCUT2D eigenvalue weighted by Crippen LogP contribution is 2.14. The number of nitrogens with zero attached hydrogens (tertiary/aromatic N) is 1. The van der Waals surface area contributed by atoms with E-state index in [-0.39, 0.29) is 6.42 Å². The van der Waals surface area contributed by atoms with Crippen molar-refractivity contribution in [3.8, 4) is 0 Å². The van der Waals surface area contributed by atoms with Crippen molar-refractivity contribution < 1.29 is 19.1 Å². The molecule has 0 fully saturated rings. The maximum Gasteiger partial charge on any atom is 0.338 e. The highest BCUT2D eigenvalue weighted by molar-refractivity contribution is 5.97. The van der Waals surface area contributed by atoms with Crippen molar-refractivity contribution in [1.29, 1.82) is 0 Å². The summed E-state index contributed by atoms with van der Waals surface area (Å²) in [4.78, 5) is 26.4. The molecule has 0 radical (unpaired) electrons. The van der Waals surface area contributed by atoms with Crippen molar-refractivity contribution in [2.45, 2.75) is 45.8 Å². The van der Waals surface area contributed by atoms with E-state index in [1.54, 1.807) is 27.7 Å². The zero-order valence-corrected chi connectivity index (χ0v) is 9.36. The third-order valence-corrected chi connectivity index (χ3v) is 1.64. The molecule has 0 amide bonds. The molecule has 0 aromatic carbocycles. The smallest absolute Gasteiger partial charge is 0.338 e. The van der Waals surface area contributed by atoms with Gasteiger partial charge in [0.05, 0.1) is 6.42 Å². The minimum atomic E-state index is -0.736. The van der Waals surface area contributed by atoms with E-state index in [0.29, 0.717) is 5.90 Å². The number of carbonyl (C=O) groups is 2. The third-order valence-electron chi connectivity index (χ3n) is 1.64. The van der Waals surface area contributed by atoms with Gasteiger partial charge in [-0.2, -0.15) is 0 Å². The quantitative estimate of drug-likeness (QED) is 0.643. The van der Waals surface area contributed by atoms with E-state index in [2.05, 4.69) is 4.99 Å². The molecule has 0 spiro atoms. The number of ether oxygens (including phenoxy) is 2.